The highest BCUT2D eigenvalue weighted by Gasteiger charge is 2.37. The van der Waals surface area contributed by atoms with Gasteiger partial charge in [0.05, 0.1) is 29.1 Å². The Kier molecular flexibility index (Phi) is 7.42. The first kappa shape index (κ1) is 24.8. The monoisotopic (exact) mass is 496 g/mol. The lowest BCUT2D eigenvalue weighted by Crippen LogP contribution is -2.49. The molecule has 7 nitrogen and oxygen atoms in total. The van der Waals surface area contributed by atoms with Gasteiger partial charge in [-0.05, 0) is 48.9 Å². The number of fused-ring (bicyclic) bond motifs is 1. The number of aliphatic hydroxyl groups excluding tert-OH is 1. The van der Waals surface area contributed by atoms with Gasteiger partial charge in [-0.1, -0.05) is 67.4 Å². The molecule has 1 saturated carbocycles. The Hall–Kier alpha value is -3.84. The smallest absolute Gasteiger partial charge is 0.272 e. The number of aliphatic imine (C=N–C) groups is 1. The van der Waals surface area contributed by atoms with Gasteiger partial charge in [-0.3, -0.25) is 14.6 Å². The van der Waals surface area contributed by atoms with Crippen LogP contribution in [0.2, 0.25) is 0 Å². The van der Waals surface area contributed by atoms with E-state index in [4.69, 9.17) is 4.99 Å². The molecule has 1 fully saturated rings. The van der Waals surface area contributed by atoms with Crippen LogP contribution >= 0.6 is 0 Å². The van der Waals surface area contributed by atoms with Crippen LogP contribution in [-0.2, 0) is 16.0 Å². The highest BCUT2D eigenvalue weighted by molar-refractivity contribution is 6.19. The summed E-state index contributed by atoms with van der Waals surface area (Å²) in [5.41, 5.74) is 3.75. The zero-order valence-corrected chi connectivity index (χ0v) is 21.0. The van der Waals surface area contributed by atoms with E-state index in [1.807, 2.05) is 72.8 Å². The Morgan fingerprint density at radius 3 is 2.51 bits per heavy atom. The van der Waals surface area contributed by atoms with E-state index in [-0.39, 0.29) is 11.8 Å². The molecule has 2 heterocycles. The molecule has 0 spiro atoms. The molecule has 37 heavy (non-hydrogen) atoms. The highest BCUT2D eigenvalue weighted by Crippen LogP contribution is 2.37. The number of para-hydroxylation sites is 1. The van der Waals surface area contributed by atoms with Crippen LogP contribution in [0.25, 0.3) is 0 Å². The van der Waals surface area contributed by atoms with Crippen molar-refractivity contribution in [3.63, 3.8) is 0 Å². The quantitative estimate of drug-likeness (QED) is 0.472. The van der Waals surface area contributed by atoms with E-state index in [9.17, 15) is 14.7 Å². The lowest BCUT2D eigenvalue weighted by Gasteiger charge is -2.25. The summed E-state index contributed by atoms with van der Waals surface area (Å²) in [6.07, 6.45) is 3.64. The van der Waals surface area contributed by atoms with Gasteiger partial charge in [0.1, 0.15) is 0 Å². The Bertz CT molecular complexity index is 1270. The van der Waals surface area contributed by atoms with Crippen molar-refractivity contribution in [1.82, 2.24) is 10.3 Å². The molecule has 2 aromatic carbocycles. The lowest BCUT2D eigenvalue weighted by molar-refractivity contribution is -0.133. The van der Waals surface area contributed by atoms with Crippen LogP contribution in [0.3, 0.4) is 0 Å². The second-order valence-electron chi connectivity index (χ2n) is 9.90. The van der Waals surface area contributed by atoms with E-state index in [0.717, 1.165) is 24.0 Å². The van der Waals surface area contributed by atoms with Crippen LogP contribution in [0.4, 0.5) is 5.69 Å². The van der Waals surface area contributed by atoms with Crippen molar-refractivity contribution in [2.24, 2.45) is 16.8 Å². The molecule has 190 valence electrons. The van der Waals surface area contributed by atoms with Crippen LogP contribution in [-0.4, -0.2) is 46.9 Å². The van der Waals surface area contributed by atoms with Crippen LogP contribution in [0, 0.1) is 11.8 Å². The number of aliphatic hydroxyl groups is 1. The number of carbonyl (C=O) groups excluding carboxylic acids is 2. The minimum Gasteiger partial charge on any atom is -0.392 e. The van der Waals surface area contributed by atoms with Crippen LogP contribution < -0.4 is 10.2 Å². The van der Waals surface area contributed by atoms with E-state index in [0.29, 0.717) is 42.3 Å². The maximum atomic E-state index is 13.6. The Morgan fingerprint density at radius 2 is 1.78 bits per heavy atom. The second-order valence-corrected chi connectivity index (χ2v) is 9.90. The Balaban J connectivity index is 1.40. The van der Waals surface area contributed by atoms with Crippen molar-refractivity contribution >= 4 is 23.2 Å². The lowest BCUT2D eigenvalue weighted by atomic mass is 9.90. The number of benzodiazepines with no additional fused rings is 1. The number of amides is 2. The zero-order chi connectivity index (χ0) is 25.8. The number of rotatable bonds is 9. The number of pyridine rings is 1. The van der Waals surface area contributed by atoms with Crippen molar-refractivity contribution in [3.8, 4) is 0 Å². The fourth-order valence-electron chi connectivity index (χ4n) is 4.88. The van der Waals surface area contributed by atoms with Gasteiger partial charge in [-0.25, -0.2) is 4.99 Å². The van der Waals surface area contributed by atoms with Gasteiger partial charge in [0.25, 0.3) is 5.91 Å². The van der Waals surface area contributed by atoms with Crippen LogP contribution in [0.5, 0.6) is 0 Å². The maximum Gasteiger partial charge on any atom is 0.272 e. The first-order valence-corrected chi connectivity index (χ1v) is 12.9. The van der Waals surface area contributed by atoms with Crippen molar-refractivity contribution < 1.29 is 14.7 Å². The fraction of sp³-hybridized carbons (Fsp3) is 0.333. The average molecular weight is 497 g/mol. The average Bonchev–Trinajstić information content (AvgIpc) is 3.77. The summed E-state index contributed by atoms with van der Waals surface area (Å²) < 4.78 is 0. The second kappa shape index (κ2) is 11.0. The highest BCUT2D eigenvalue weighted by atomic mass is 16.3. The topological polar surface area (TPSA) is 94.9 Å². The molecule has 2 N–H and O–H groups in total. The molecule has 1 aliphatic heterocycles. The molecular weight excluding hydrogens is 464 g/mol. The molecule has 1 aliphatic carbocycles. The molecule has 3 aromatic rings. The van der Waals surface area contributed by atoms with Gasteiger partial charge in [-0.15, -0.1) is 0 Å². The van der Waals surface area contributed by atoms with Crippen molar-refractivity contribution in [2.75, 3.05) is 11.9 Å². The third kappa shape index (κ3) is 5.78. The molecule has 1 unspecified atom stereocenters. The summed E-state index contributed by atoms with van der Waals surface area (Å²) in [5, 5.41) is 14.0. The zero-order valence-electron chi connectivity index (χ0n) is 21.0. The summed E-state index contributed by atoms with van der Waals surface area (Å²) in [6, 6.07) is 23.0. The predicted molar refractivity (Wildman–Crippen MR) is 143 cm³/mol. The number of hydrogen-bond acceptors (Lipinski definition) is 5. The third-order valence-electron chi connectivity index (χ3n) is 7.19. The number of nitrogens with zero attached hydrogens (tertiary/aromatic N) is 3. The molecule has 7 heteroatoms. The van der Waals surface area contributed by atoms with Crippen LogP contribution in [0.1, 0.15) is 42.5 Å². The fourth-order valence-corrected chi connectivity index (χ4v) is 4.88. The summed E-state index contributed by atoms with van der Waals surface area (Å²) in [4.78, 5) is 37.8. The molecule has 1 aromatic heterocycles. The first-order valence-electron chi connectivity index (χ1n) is 12.9. The van der Waals surface area contributed by atoms with Gasteiger partial charge in [0.15, 0.2) is 0 Å². The summed E-state index contributed by atoms with van der Waals surface area (Å²) >= 11 is 0. The summed E-state index contributed by atoms with van der Waals surface area (Å²) in [5.74, 6) is -0.843. The van der Waals surface area contributed by atoms with Crippen molar-refractivity contribution in [3.05, 3.63) is 95.8 Å². The Morgan fingerprint density at radius 1 is 1.05 bits per heavy atom. The standard InChI is InChI=1S/C30H32N4O3/c1-34-25-13-6-5-11-22(25)27(24-12-7-8-18-31-24)32-28(30(34)37)33-29(36)23(19-21-14-15-21)26(35)17-16-20-9-3-2-4-10-20/h2-13,18,21,23,26,28,35H,14-17,19H2,1H3,(H,33,36)/t23-,26+,28?/m1/s1. The minimum atomic E-state index is -1.12. The van der Waals surface area contributed by atoms with Gasteiger partial charge < -0.3 is 15.3 Å². The maximum absolute atomic E-state index is 13.6. The van der Waals surface area contributed by atoms with E-state index in [2.05, 4.69) is 10.3 Å². The number of hydrogen-bond donors (Lipinski definition) is 2. The number of likely N-dealkylation sites (N-methyl/N-ethyl adjacent to an activating group) is 1. The molecule has 0 radical (unpaired) electrons. The molecule has 0 saturated heterocycles. The number of nitrogens with one attached hydrogen (secondary N) is 1. The number of carbonyl (C=O) groups is 2. The van der Waals surface area contributed by atoms with Crippen LogP contribution in [0.15, 0.2) is 84.0 Å². The molecule has 2 aliphatic rings. The molecule has 2 amide bonds. The van der Waals surface area contributed by atoms with E-state index in [1.54, 1.807) is 13.2 Å². The third-order valence-corrected chi connectivity index (χ3v) is 7.19. The SMILES string of the molecule is CN1C(=O)C(NC(=O)[C@H](CC2CC2)[C@@H](O)CCc2ccccc2)N=C(c2ccccn2)c2ccccc21. The van der Waals surface area contributed by atoms with Gasteiger partial charge >= 0.3 is 0 Å². The summed E-state index contributed by atoms with van der Waals surface area (Å²) in [7, 11) is 1.69. The minimum absolute atomic E-state index is 0.337. The number of aromatic nitrogens is 1. The molecule has 5 rings (SSSR count). The normalized spacial score (nSPS) is 18.9. The number of anilines is 1. The number of aryl methyl sites for hydroxylation is 1. The largest absolute Gasteiger partial charge is 0.392 e. The molecular formula is C30H32N4O3. The summed E-state index contributed by atoms with van der Waals surface area (Å²) in [6.45, 7) is 0. The van der Waals surface area contributed by atoms with Crippen molar-refractivity contribution in [2.45, 2.75) is 44.4 Å². The van der Waals surface area contributed by atoms with Gasteiger partial charge in [-0.2, -0.15) is 0 Å². The van der Waals surface area contributed by atoms with E-state index >= 15 is 0 Å². The predicted octanol–water partition coefficient (Wildman–Crippen LogP) is 3.75. The first-order chi connectivity index (χ1) is 18.0. The van der Waals surface area contributed by atoms with Gasteiger partial charge in [0.2, 0.25) is 12.1 Å². The molecule has 3 atom stereocenters. The molecule has 0 bridgehead atoms. The van der Waals surface area contributed by atoms with E-state index in [1.165, 1.54) is 4.90 Å². The number of benzene rings is 2. The van der Waals surface area contributed by atoms with Gasteiger partial charge in [0, 0.05) is 18.8 Å². The van der Waals surface area contributed by atoms with Crippen molar-refractivity contribution in [1.29, 1.82) is 0 Å². The van der Waals surface area contributed by atoms with E-state index < -0.39 is 18.2 Å². The Labute approximate surface area is 217 Å².